The van der Waals surface area contributed by atoms with Crippen molar-refractivity contribution in [2.45, 2.75) is 66.7 Å². The molecule has 0 aromatic carbocycles. The van der Waals surface area contributed by atoms with Crippen molar-refractivity contribution < 1.29 is 32.2 Å². The lowest BCUT2D eigenvalue weighted by Crippen LogP contribution is -2.40. The number of aromatic nitrogens is 17. The molecule has 4 amide bonds. The van der Waals surface area contributed by atoms with Crippen molar-refractivity contribution in [2.24, 2.45) is 0 Å². The number of anilines is 1. The van der Waals surface area contributed by atoms with Gasteiger partial charge in [0.2, 0.25) is 0 Å². The van der Waals surface area contributed by atoms with E-state index >= 15 is 0 Å². The Bertz CT molecular complexity index is 6230. The zero-order valence-corrected chi connectivity index (χ0v) is 68.5. The van der Waals surface area contributed by atoms with Gasteiger partial charge < -0.3 is 31.5 Å². The molecule has 0 radical (unpaired) electrons. The maximum atomic E-state index is 13.5. The molecule has 14 aromatic heterocycles. The van der Waals surface area contributed by atoms with E-state index in [0.29, 0.717) is 95.3 Å². The average molecular weight is 1660 g/mol. The Morgan fingerprint density at radius 3 is 1.34 bits per heavy atom. The van der Waals surface area contributed by atoms with Gasteiger partial charge in [-0.25, -0.2) is 4.98 Å². The number of carbonyl (C=O) groups excluding carboxylic acids is 4. The lowest BCUT2D eigenvalue weighted by molar-refractivity contribution is 0.0128. The summed E-state index contributed by atoms with van der Waals surface area (Å²) in [7, 11) is -1.92. The van der Waals surface area contributed by atoms with Crippen LogP contribution in [0.1, 0.15) is 105 Å². The summed E-state index contributed by atoms with van der Waals surface area (Å²) in [5.41, 5.74) is 20.5. The van der Waals surface area contributed by atoms with E-state index in [1.165, 1.54) is 12.3 Å². The number of rotatable bonds is 21. The Balaban J connectivity index is 0.000000141. The quantitative estimate of drug-likeness (QED) is 0.0417. The van der Waals surface area contributed by atoms with E-state index in [0.717, 1.165) is 114 Å². The van der Waals surface area contributed by atoms with Crippen molar-refractivity contribution in [3.05, 3.63) is 355 Å². The van der Waals surface area contributed by atoms with Crippen molar-refractivity contribution in [2.75, 3.05) is 29.5 Å². The lowest BCUT2D eigenvalue weighted by Gasteiger charge is -2.29. The molecule has 2 aliphatic heterocycles. The summed E-state index contributed by atoms with van der Waals surface area (Å²) in [6, 6.07) is 36.1. The molecule has 0 saturated carbocycles. The Hall–Kier alpha value is -15.5. The molecule has 16 rings (SSSR count). The number of alkyl halides is 2. The molecule has 28 nitrogen and oxygen atoms in total. The van der Waals surface area contributed by atoms with Gasteiger partial charge in [0.25, 0.3) is 29.6 Å². The largest absolute Gasteiger partial charge is 0.362 e. The number of carbonyl (C=O) groups is 4. The van der Waals surface area contributed by atoms with Crippen molar-refractivity contribution >= 4 is 50.4 Å². The maximum absolute atomic E-state index is 13.5. The first-order chi connectivity index (χ1) is 59.5. The smallest absolute Gasteiger partial charge is 0.286 e. The first-order valence-corrected chi connectivity index (χ1v) is 40.8. The Morgan fingerprint density at radius 1 is 0.439 bits per heavy atom. The third-order valence-electron chi connectivity index (χ3n) is 19.2. The number of nitrogens with one attached hydrogen (secondary N) is 5. The summed E-state index contributed by atoms with van der Waals surface area (Å²) in [5.74, 6) is 1.74. The van der Waals surface area contributed by atoms with Crippen LogP contribution in [-0.4, -0.2) is 143 Å². The highest BCUT2D eigenvalue weighted by Gasteiger charge is 2.27. The number of pyridine rings is 11. The zero-order valence-electron chi connectivity index (χ0n) is 67.7. The van der Waals surface area contributed by atoms with Crippen LogP contribution in [0.4, 0.5) is 14.6 Å². The van der Waals surface area contributed by atoms with Crippen LogP contribution in [0.2, 0.25) is 0 Å². The predicted octanol–water partition coefficient (Wildman–Crippen LogP) is 13.1. The van der Waals surface area contributed by atoms with Crippen LogP contribution in [-0.2, 0) is 41.6 Å². The van der Waals surface area contributed by atoms with Gasteiger partial charge in [0.1, 0.15) is 34.3 Å². The number of dihydropyridines is 1. The predicted molar refractivity (Wildman–Crippen MR) is 466 cm³/mol. The van der Waals surface area contributed by atoms with E-state index < -0.39 is 15.4 Å². The van der Waals surface area contributed by atoms with Gasteiger partial charge in [-0.05, 0) is 174 Å². The zero-order chi connectivity index (χ0) is 86.2. The van der Waals surface area contributed by atoms with E-state index in [-0.39, 0.29) is 35.9 Å². The monoisotopic (exact) mass is 1660 g/mol. The Morgan fingerprint density at radius 2 is 0.911 bits per heavy atom. The molecule has 1 fully saturated rings. The molecule has 14 aromatic rings. The van der Waals surface area contributed by atoms with Crippen molar-refractivity contribution in [3.8, 4) is 67.4 Å². The number of aryl methyl sites for hydroxylation is 4. The fourth-order valence-electron chi connectivity index (χ4n) is 12.6. The van der Waals surface area contributed by atoms with E-state index in [1.807, 2.05) is 107 Å². The van der Waals surface area contributed by atoms with Gasteiger partial charge in [-0.1, -0.05) is 43.0 Å². The fraction of sp³-hybridized carbons (Fsp3) is 0.152. The Kier molecular flexibility index (Phi) is 28.0. The van der Waals surface area contributed by atoms with Crippen molar-refractivity contribution in [3.63, 3.8) is 0 Å². The molecule has 5 N–H and O–H groups in total. The molecule has 123 heavy (non-hydrogen) atoms. The number of amides is 4. The molecule has 0 atom stereocenters. The summed E-state index contributed by atoms with van der Waals surface area (Å²) in [4.78, 5) is 124. The van der Waals surface area contributed by atoms with Crippen LogP contribution in [0, 0.1) is 27.7 Å². The topological polar surface area (TPSA) is 368 Å². The molecular formula is C92H83F2N23O5S. The summed E-state index contributed by atoms with van der Waals surface area (Å²) >= 11 is 0. The average Bonchev–Trinajstić information content (AvgIpc) is 0.833. The molecule has 0 unspecified atom stereocenters. The first-order valence-electron chi connectivity index (χ1n) is 38.7. The van der Waals surface area contributed by atoms with E-state index in [1.54, 1.807) is 172 Å². The Labute approximate surface area is 708 Å². The lowest BCUT2D eigenvalue weighted by atomic mass is 10.0. The normalized spacial score (nSPS) is 12.5. The summed E-state index contributed by atoms with van der Waals surface area (Å²) in [5, 5.41) is 14.5. The van der Waals surface area contributed by atoms with Crippen molar-refractivity contribution in [1.29, 1.82) is 0 Å². The van der Waals surface area contributed by atoms with E-state index in [9.17, 15) is 32.2 Å². The number of halogens is 2. The van der Waals surface area contributed by atoms with Gasteiger partial charge in [0.05, 0.1) is 52.8 Å². The van der Waals surface area contributed by atoms with E-state index in [2.05, 4.69) is 129 Å². The second-order valence-corrected chi connectivity index (χ2v) is 31.2. The van der Waals surface area contributed by atoms with Gasteiger partial charge in [0.15, 0.2) is 0 Å². The van der Waals surface area contributed by atoms with Crippen molar-refractivity contribution in [1.82, 2.24) is 111 Å². The summed E-state index contributed by atoms with van der Waals surface area (Å²) < 4.78 is 39.0. The molecule has 16 heterocycles. The maximum Gasteiger partial charge on any atom is 0.286 e. The molecule has 616 valence electrons. The minimum atomic E-state index is -3.02. The van der Waals surface area contributed by atoms with Crippen LogP contribution in [0.3, 0.4) is 0 Å². The second-order valence-electron chi connectivity index (χ2n) is 28.4. The van der Waals surface area contributed by atoms with Gasteiger partial charge in [0, 0.05) is 231 Å². The minimum absolute atomic E-state index is 0.243. The number of nitrogens with zero attached hydrogens (tertiary/aromatic N) is 18. The van der Waals surface area contributed by atoms with Crippen LogP contribution in [0.5, 0.6) is 0 Å². The van der Waals surface area contributed by atoms with Gasteiger partial charge >= 0.3 is 0 Å². The third kappa shape index (κ3) is 23.7. The molecule has 2 aliphatic rings. The minimum Gasteiger partial charge on any atom is -0.362 e. The van der Waals surface area contributed by atoms with Crippen LogP contribution < -0.4 is 31.5 Å². The molecule has 0 bridgehead atoms. The molecule has 0 spiro atoms. The molecular weight excluding hydrogens is 1580 g/mol. The highest BCUT2D eigenvalue weighted by molar-refractivity contribution is 8.00. The summed E-state index contributed by atoms with van der Waals surface area (Å²) in [6.45, 7) is 15.3. The fourth-order valence-corrected chi connectivity index (χ4v) is 13.9. The first kappa shape index (κ1) is 85.4. The molecule has 0 aliphatic carbocycles. The highest BCUT2D eigenvalue weighted by Crippen LogP contribution is 2.30. The van der Waals surface area contributed by atoms with Crippen LogP contribution in [0.25, 0.3) is 73.0 Å². The molecule has 1 saturated heterocycles. The third-order valence-corrected chi connectivity index (χ3v) is 21.0. The van der Waals surface area contributed by atoms with Crippen LogP contribution >= 0.6 is 0 Å². The van der Waals surface area contributed by atoms with E-state index in [4.69, 9.17) is 0 Å². The SMILES string of the molecule is C=C1C=C(c2ncc(CNC(=O)c3ccc(-c4cnccn4)cn3)cc2C)C=CN1.C=S1(=O)CCN(c2ccc(CNC(=O)c3ccc(-c4cnccn4)cn3)cn2)CC1.Cc1cc(-c2ncc(CNC(=O)c3ccc(-c4cnccn4)cn3)cc2C)ccn1.Cc1ncccc1-c1ccc(C(=O)NCc2ccc(-c3ccnc(C(C)(F)F)c3)nc2)nc1. The van der Waals surface area contributed by atoms with Gasteiger partial charge in [-0.3, -0.25) is 103 Å². The van der Waals surface area contributed by atoms with Crippen LogP contribution in [0.15, 0.2) is 276 Å². The standard InChI is InChI=1S/C25H21F2N5O.2C23H20N6O.C21H22N6O2S/c1-16-20(4-3-10-28-16)19-6-8-22(31-15-19)24(33)32-14-17-5-7-21(30-13-17)18-9-11-29-23(12-18)25(2,26)27;2*1-15-9-17(11-28-22(15)18-5-6-25-16(2)10-18)12-29-23(30)20-4-3-19(13-27-20)21-14-24-7-8-26-21;1-30(29)10-8-27(9-11-30)20-5-2-16(12-25-20)13-26-21(28)18-4-3-17(14-24-18)19-15-22-6-7-23-19/h3-13,15H,14H2,1-2H3,(H,32,33);3-11,13-14H,12H2,1-2H3,(H,29,30);3-11,13-14,25H,2,12H2,1H3,(H,29,30);2-7,12,14-15H,1,8-11,13H2,(H,26,28). The number of hydrogen-bond donors (Lipinski definition) is 5. The number of hydrogen-bond acceptors (Lipinski definition) is 24. The number of allylic oxidation sites excluding steroid dienone is 3. The second kappa shape index (κ2) is 40.3. The highest BCUT2D eigenvalue weighted by atomic mass is 32.2. The van der Waals surface area contributed by atoms with Gasteiger partial charge in [-0.15, -0.1) is 0 Å². The molecule has 31 heteroatoms. The van der Waals surface area contributed by atoms with Gasteiger partial charge in [-0.2, -0.15) is 8.78 Å². The summed E-state index contributed by atoms with van der Waals surface area (Å²) in [6.07, 6.45) is 38.6.